The van der Waals surface area contributed by atoms with Gasteiger partial charge in [0.25, 0.3) is 5.56 Å². The molecule has 3 rings (SSSR count). The molecule has 0 saturated carbocycles. The molecule has 2 N–H and O–H groups in total. The molecule has 1 aromatic heterocycles. The van der Waals surface area contributed by atoms with E-state index in [9.17, 15) is 18.8 Å². The van der Waals surface area contributed by atoms with Crippen molar-refractivity contribution in [1.82, 2.24) is 14.9 Å². The molecular weight excluding hydrogens is 365 g/mol. The highest BCUT2D eigenvalue weighted by Gasteiger charge is 2.10. The summed E-state index contributed by atoms with van der Waals surface area (Å²) < 4.78 is 19.5. The molecule has 0 aliphatic carbocycles. The number of benzene rings is 2. The van der Waals surface area contributed by atoms with Crippen molar-refractivity contribution in [2.45, 2.75) is 19.4 Å². The lowest BCUT2D eigenvalue weighted by Gasteiger charge is -2.10. The second-order valence-electron chi connectivity index (χ2n) is 6.22. The fraction of sp³-hybridized carbons (Fsp3) is 0.250. The summed E-state index contributed by atoms with van der Waals surface area (Å²) >= 11 is 0. The Hall–Kier alpha value is -3.42. The molecule has 2 aromatic carbocycles. The monoisotopic (exact) mass is 385 g/mol. The lowest BCUT2D eigenvalue weighted by Crippen LogP contribution is -2.36. The van der Waals surface area contributed by atoms with Gasteiger partial charge in [-0.2, -0.15) is 0 Å². The van der Waals surface area contributed by atoms with Gasteiger partial charge < -0.3 is 10.1 Å². The van der Waals surface area contributed by atoms with Gasteiger partial charge in [-0.3, -0.25) is 19.1 Å². The molecule has 0 bridgehead atoms. The first-order chi connectivity index (χ1) is 13.5. The highest BCUT2D eigenvalue weighted by Crippen LogP contribution is 2.11. The second-order valence-corrected chi connectivity index (χ2v) is 6.22. The summed E-state index contributed by atoms with van der Waals surface area (Å²) in [4.78, 5) is 38.2. The molecule has 8 heteroatoms. The van der Waals surface area contributed by atoms with Crippen LogP contribution in [0.2, 0.25) is 0 Å². The van der Waals surface area contributed by atoms with Gasteiger partial charge in [0.1, 0.15) is 18.1 Å². The Kier molecular flexibility index (Phi) is 6.21. The van der Waals surface area contributed by atoms with Crippen LogP contribution in [0.3, 0.4) is 0 Å². The highest BCUT2D eigenvalue weighted by molar-refractivity contribution is 5.81. The van der Waals surface area contributed by atoms with E-state index >= 15 is 0 Å². The van der Waals surface area contributed by atoms with Crippen molar-refractivity contribution >= 4 is 16.8 Å². The van der Waals surface area contributed by atoms with Gasteiger partial charge >= 0.3 is 5.69 Å². The van der Waals surface area contributed by atoms with Crippen LogP contribution in [0, 0.1) is 5.82 Å². The number of amides is 1. The van der Waals surface area contributed by atoms with E-state index < -0.39 is 11.2 Å². The Morgan fingerprint density at radius 3 is 2.61 bits per heavy atom. The summed E-state index contributed by atoms with van der Waals surface area (Å²) in [5.41, 5.74) is -0.677. The number of carbonyl (C=O) groups is 1. The third kappa shape index (κ3) is 4.85. The number of hydrogen-bond donors (Lipinski definition) is 2. The number of unbranched alkanes of at least 4 members (excludes halogenated alkanes) is 1. The molecule has 7 nitrogen and oxygen atoms in total. The van der Waals surface area contributed by atoms with E-state index in [1.54, 1.807) is 36.4 Å². The Morgan fingerprint density at radius 2 is 1.82 bits per heavy atom. The van der Waals surface area contributed by atoms with Crippen molar-refractivity contribution in [3.63, 3.8) is 0 Å². The number of ether oxygens (including phenoxy) is 1. The molecule has 0 fully saturated rings. The van der Waals surface area contributed by atoms with Crippen LogP contribution < -0.4 is 21.3 Å². The molecule has 0 radical (unpaired) electrons. The number of rotatable bonds is 8. The highest BCUT2D eigenvalue weighted by atomic mass is 19.1. The number of fused-ring (bicyclic) bond motifs is 1. The first kappa shape index (κ1) is 19.3. The third-order valence-electron chi connectivity index (χ3n) is 4.18. The zero-order chi connectivity index (χ0) is 19.9. The third-order valence-corrected chi connectivity index (χ3v) is 4.18. The summed E-state index contributed by atoms with van der Waals surface area (Å²) in [5, 5.41) is 3.10. The first-order valence-electron chi connectivity index (χ1n) is 8.91. The van der Waals surface area contributed by atoms with E-state index in [4.69, 9.17) is 4.74 Å². The standard InChI is InChI=1S/C20H20FN3O4/c21-14-7-9-15(10-8-14)28-12-4-3-11-22-18(25)13-24-17-6-2-1-5-16(17)19(26)23-20(24)27/h1-2,5-10H,3-4,11-13H2,(H,22,25)(H,23,26,27). The molecule has 0 atom stereocenters. The lowest BCUT2D eigenvalue weighted by molar-refractivity contribution is -0.121. The average molecular weight is 385 g/mol. The van der Waals surface area contributed by atoms with Gasteiger partial charge in [-0.05, 0) is 49.2 Å². The van der Waals surface area contributed by atoms with Gasteiger partial charge in [0.2, 0.25) is 5.91 Å². The van der Waals surface area contributed by atoms with Crippen LogP contribution >= 0.6 is 0 Å². The number of aromatic nitrogens is 2. The van der Waals surface area contributed by atoms with E-state index in [1.807, 2.05) is 0 Å². The molecule has 0 aliphatic heterocycles. The van der Waals surface area contributed by atoms with Gasteiger partial charge in [0, 0.05) is 6.54 Å². The van der Waals surface area contributed by atoms with Crippen LogP contribution in [0.5, 0.6) is 5.75 Å². The number of nitrogens with one attached hydrogen (secondary N) is 2. The van der Waals surface area contributed by atoms with E-state index in [1.165, 1.54) is 16.7 Å². The molecule has 1 amide bonds. The molecule has 0 unspecified atom stereocenters. The largest absolute Gasteiger partial charge is 0.494 e. The Labute approximate surface area is 159 Å². The molecule has 146 valence electrons. The van der Waals surface area contributed by atoms with Crippen molar-refractivity contribution in [2.75, 3.05) is 13.2 Å². The summed E-state index contributed by atoms with van der Waals surface area (Å²) in [6.07, 6.45) is 1.40. The number of nitrogens with zero attached hydrogens (tertiary/aromatic N) is 1. The smallest absolute Gasteiger partial charge is 0.329 e. The second kappa shape index (κ2) is 8.98. The predicted molar refractivity (Wildman–Crippen MR) is 103 cm³/mol. The fourth-order valence-corrected chi connectivity index (χ4v) is 2.77. The van der Waals surface area contributed by atoms with Crippen LogP contribution in [0.1, 0.15) is 12.8 Å². The van der Waals surface area contributed by atoms with Gasteiger partial charge in [0.15, 0.2) is 0 Å². The SMILES string of the molecule is O=C(Cn1c(=O)[nH]c(=O)c2ccccc21)NCCCCOc1ccc(F)cc1. The normalized spacial score (nSPS) is 10.8. The minimum atomic E-state index is -0.619. The van der Waals surface area contributed by atoms with Crippen LogP contribution in [0.15, 0.2) is 58.1 Å². The van der Waals surface area contributed by atoms with Crippen LogP contribution in [-0.4, -0.2) is 28.6 Å². The van der Waals surface area contributed by atoms with Gasteiger partial charge in [-0.25, -0.2) is 9.18 Å². The minimum absolute atomic E-state index is 0.178. The lowest BCUT2D eigenvalue weighted by atomic mass is 10.2. The number of carbonyl (C=O) groups excluding carboxylic acids is 1. The van der Waals surface area contributed by atoms with Crippen molar-refractivity contribution in [3.05, 3.63) is 75.2 Å². The Bertz CT molecular complexity index is 1070. The quantitative estimate of drug-likeness (QED) is 0.579. The zero-order valence-electron chi connectivity index (χ0n) is 15.1. The molecule has 0 saturated heterocycles. The first-order valence-corrected chi connectivity index (χ1v) is 8.91. The molecule has 28 heavy (non-hydrogen) atoms. The topological polar surface area (TPSA) is 93.2 Å². The maximum absolute atomic E-state index is 12.8. The maximum Gasteiger partial charge on any atom is 0.329 e. The van der Waals surface area contributed by atoms with Crippen molar-refractivity contribution in [1.29, 1.82) is 0 Å². The molecule has 3 aromatic rings. The maximum atomic E-state index is 12.8. The van der Waals surface area contributed by atoms with E-state index in [0.717, 1.165) is 0 Å². The number of aromatic amines is 1. The summed E-state index contributed by atoms with van der Waals surface area (Å²) in [6, 6.07) is 12.4. The summed E-state index contributed by atoms with van der Waals surface area (Å²) in [5.74, 6) is -0.0436. The van der Waals surface area contributed by atoms with Crippen LogP contribution in [-0.2, 0) is 11.3 Å². The molecule has 1 heterocycles. The van der Waals surface area contributed by atoms with Crippen LogP contribution in [0.25, 0.3) is 10.9 Å². The van der Waals surface area contributed by atoms with Gasteiger partial charge in [-0.15, -0.1) is 0 Å². The van der Waals surface area contributed by atoms with Crippen LogP contribution in [0.4, 0.5) is 4.39 Å². The van der Waals surface area contributed by atoms with Gasteiger partial charge in [-0.1, -0.05) is 12.1 Å². The van der Waals surface area contributed by atoms with Crippen molar-refractivity contribution < 1.29 is 13.9 Å². The average Bonchev–Trinajstić information content (AvgIpc) is 2.69. The minimum Gasteiger partial charge on any atom is -0.494 e. The molecular formula is C20H20FN3O4. The van der Waals surface area contributed by atoms with E-state index in [0.29, 0.717) is 42.6 Å². The number of para-hydroxylation sites is 1. The summed E-state index contributed by atoms with van der Waals surface area (Å²) in [7, 11) is 0. The summed E-state index contributed by atoms with van der Waals surface area (Å²) in [6.45, 7) is 0.704. The molecule has 0 spiro atoms. The number of halogens is 1. The molecule has 0 aliphatic rings. The predicted octanol–water partition coefficient (Wildman–Crippen LogP) is 1.80. The van der Waals surface area contributed by atoms with Crippen molar-refractivity contribution in [2.24, 2.45) is 0 Å². The number of hydrogen-bond acceptors (Lipinski definition) is 4. The Morgan fingerprint density at radius 1 is 1.07 bits per heavy atom. The van der Waals surface area contributed by atoms with E-state index in [-0.39, 0.29) is 18.3 Å². The fourth-order valence-electron chi connectivity index (χ4n) is 2.77. The van der Waals surface area contributed by atoms with Gasteiger partial charge in [0.05, 0.1) is 17.5 Å². The van der Waals surface area contributed by atoms with E-state index in [2.05, 4.69) is 10.3 Å². The Balaban J connectivity index is 1.46. The van der Waals surface area contributed by atoms with Crippen molar-refractivity contribution in [3.8, 4) is 5.75 Å². The number of H-pyrrole nitrogens is 1. The zero-order valence-corrected chi connectivity index (χ0v) is 15.1.